The maximum Gasteiger partial charge on any atom is 0.224 e. The van der Waals surface area contributed by atoms with E-state index >= 15 is 0 Å². The number of anilines is 3. The second-order valence-electron chi connectivity index (χ2n) is 5.75. The van der Waals surface area contributed by atoms with Gasteiger partial charge in [-0.25, -0.2) is 9.37 Å². The zero-order chi connectivity index (χ0) is 19.9. The minimum atomic E-state index is -0.276. The fourth-order valence-corrected chi connectivity index (χ4v) is 2.63. The largest absolute Gasteiger partial charge is 0.493 e. The number of hydrogen-bond acceptors (Lipinski definition) is 7. The molecule has 0 aliphatic carbocycles. The van der Waals surface area contributed by atoms with E-state index in [1.165, 1.54) is 6.07 Å². The summed E-state index contributed by atoms with van der Waals surface area (Å²) in [7, 11) is 4.65. The van der Waals surface area contributed by atoms with Crippen molar-refractivity contribution in [2.24, 2.45) is 0 Å². The van der Waals surface area contributed by atoms with Gasteiger partial charge in [-0.15, -0.1) is 0 Å². The first-order valence-corrected chi connectivity index (χ1v) is 8.52. The van der Waals surface area contributed by atoms with Crippen LogP contribution in [0.2, 0.25) is 0 Å². The van der Waals surface area contributed by atoms with Gasteiger partial charge in [-0.05, 0) is 12.1 Å². The molecule has 3 aromatic rings. The fraction of sp³-hybridized carbons (Fsp3) is 0.200. The lowest BCUT2D eigenvalue weighted by molar-refractivity contribution is 0.324. The van der Waals surface area contributed by atoms with Crippen LogP contribution in [0.3, 0.4) is 0 Å². The third-order valence-corrected chi connectivity index (χ3v) is 3.99. The molecule has 2 N–H and O–H groups in total. The Hall–Kier alpha value is -3.55. The highest BCUT2D eigenvalue weighted by Gasteiger charge is 2.13. The van der Waals surface area contributed by atoms with E-state index < -0.39 is 0 Å². The van der Waals surface area contributed by atoms with Gasteiger partial charge in [0.1, 0.15) is 11.6 Å². The lowest BCUT2D eigenvalue weighted by atomic mass is 10.2. The standard InChI is InChI=1S/C20H21FN4O3/c1-26-16-10-14(11-17(27-2)19(16)28-3)24-18-8-9-22-20(25-18)23-12-13-6-4-5-7-15(13)21/h4-11H,12H2,1-3H3,(H2,22,23,24,25). The normalized spacial score (nSPS) is 10.3. The molecule has 0 aliphatic rings. The van der Waals surface area contributed by atoms with Gasteiger partial charge < -0.3 is 24.8 Å². The van der Waals surface area contributed by atoms with Crippen LogP contribution < -0.4 is 24.8 Å². The Kier molecular flexibility index (Phi) is 6.11. The first kappa shape index (κ1) is 19.2. The summed E-state index contributed by atoms with van der Waals surface area (Å²) in [4.78, 5) is 8.56. The molecule has 0 radical (unpaired) electrons. The highest BCUT2D eigenvalue weighted by Crippen LogP contribution is 2.40. The molecular formula is C20H21FN4O3. The van der Waals surface area contributed by atoms with E-state index in [2.05, 4.69) is 20.6 Å². The zero-order valence-corrected chi connectivity index (χ0v) is 15.8. The molecule has 0 fully saturated rings. The lowest BCUT2D eigenvalue weighted by Gasteiger charge is -2.15. The molecule has 0 bridgehead atoms. The zero-order valence-electron chi connectivity index (χ0n) is 15.8. The molecule has 0 spiro atoms. The number of hydrogen-bond donors (Lipinski definition) is 2. The van der Waals surface area contributed by atoms with E-state index in [-0.39, 0.29) is 12.4 Å². The van der Waals surface area contributed by atoms with Crippen molar-refractivity contribution in [1.29, 1.82) is 0 Å². The van der Waals surface area contributed by atoms with Crippen molar-refractivity contribution in [2.45, 2.75) is 6.54 Å². The minimum Gasteiger partial charge on any atom is -0.493 e. The molecule has 1 aromatic heterocycles. The Morgan fingerprint density at radius 3 is 2.32 bits per heavy atom. The predicted molar refractivity (Wildman–Crippen MR) is 105 cm³/mol. The van der Waals surface area contributed by atoms with Gasteiger partial charge in [0, 0.05) is 36.1 Å². The van der Waals surface area contributed by atoms with Crippen LogP contribution in [0.15, 0.2) is 48.7 Å². The number of halogens is 1. The van der Waals surface area contributed by atoms with E-state index in [1.807, 2.05) is 0 Å². The molecule has 1 heterocycles. The Bertz CT molecular complexity index is 927. The van der Waals surface area contributed by atoms with Crippen molar-refractivity contribution < 1.29 is 18.6 Å². The van der Waals surface area contributed by atoms with E-state index in [0.717, 1.165) is 0 Å². The summed E-state index contributed by atoms with van der Waals surface area (Å²) in [5.41, 5.74) is 1.24. The van der Waals surface area contributed by atoms with E-state index in [9.17, 15) is 4.39 Å². The van der Waals surface area contributed by atoms with E-state index in [4.69, 9.17) is 14.2 Å². The third-order valence-electron chi connectivity index (χ3n) is 3.99. The molecule has 3 rings (SSSR count). The van der Waals surface area contributed by atoms with Crippen molar-refractivity contribution >= 4 is 17.5 Å². The highest BCUT2D eigenvalue weighted by molar-refractivity contribution is 5.66. The molecule has 0 amide bonds. The molecule has 28 heavy (non-hydrogen) atoms. The van der Waals surface area contributed by atoms with Crippen LogP contribution in [0.1, 0.15) is 5.56 Å². The van der Waals surface area contributed by atoms with Crippen LogP contribution in [0.4, 0.5) is 21.8 Å². The number of methoxy groups -OCH3 is 3. The number of benzene rings is 2. The smallest absolute Gasteiger partial charge is 0.224 e. The highest BCUT2D eigenvalue weighted by atomic mass is 19.1. The quantitative estimate of drug-likeness (QED) is 0.608. The fourth-order valence-electron chi connectivity index (χ4n) is 2.63. The SMILES string of the molecule is COc1cc(Nc2ccnc(NCc3ccccc3F)n2)cc(OC)c1OC. The average molecular weight is 384 g/mol. The number of nitrogens with one attached hydrogen (secondary N) is 2. The van der Waals surface area contributed by atoms with E-state index in [0.29, 0.717) is 40.3 Å². The van der Waals surface area contributed by atoms with Crippen LogP contribution >= 0.6 is 0 Å². The van der Waals surface area contributed by atoms with Gasteiger partial charge in [-0.2, -0.15) is 4.98 Å². The van der Waals surface area contributed by atoms with Gasteiger partial charge in [-0.3, -0.25) is 0 Å². The van der Waals surface area contributed by atoms with E-state index in [1.54, 1.807) is 63.9 Å². The summed E-state index contributed by atoms with van der Waals surface area (Å²) in [6.07, 6.45) is 1.61. The summed E-state index contributed by atoms with van der Waals surface area (Å²) in [5.74, 6) is 2.21. The number of rotatable bonds is 8. The molecule has 146 valence electrons. The number of nitrogens with zero attached hydrogens (tertiary/aromatic N) is 2. The molecule has 2 aromatic carbocycles. The first-order chi connectivity index (χ1) is 13.6. The van der Waals surface area contributed by atoms with Crippen molar-refractivity contribution in [3.63, 3.8) is 0 Å². The van der Waals surface area contributed by atoms with Crippen LogP contribution in [-0.4, -0.2) is 31.3 Å². The Labute approximate surface area is 162 Å². The van der Waals surface area contributed by atoms with Gasteiger partial charge in [0.05, 0.1) is 21.3 Å². The maximum absolute atomic E-state index is 13.7. The van der Waals surface area contributed by atoms with Crippen LogP contribution in [0.25, 0.3) is 0 Å². The van der Waals surface area contributed by atoms with Gasteiger partial charge in [0.15, 0.2) is 11.5 Å². The average Bonchev–Trinajstić information content (AvgIpc) is 2.72. The van der Waals surface area contributed by atoms with Gasteiger partial charge in [0.2, 0.25) is 11.7 Å². The molecule has 0 aliphatic heterocycles. The van der Waals surface area contributed by atoms with Crippen molar-refractivity contribution in [3.05, 3.63) is 60.0 Å². The van der Waals surface area contributed by atoms with Gasteiger partial charge >= 0.3 is 0 Å². The summed E-state index contributed by atoms with van der Waals surface area (Å²) in [5, 5.41) is 6.19. The summed E-state index contributed by atoms with van der Waals surface area (Å²) in [6.45, 7) is 0.278. The van der Waals surface area contributed by atoms with Crippen LogP contribution in [0, 0.1) is 5.82 Å². The second kappa shape index (κ2) is 8.90. The van der Waals surface area contributed by atoms with Crippen molar-refractivity contribution in [2.75, 3.05) is 32.0 Å². The monoisotopic (exact) mass is 384 g/mol. The minimum absolute atomic E-state index is 0.276. The number of aromatic nitrogens is 2. The first-order valence-electron chi connectivity index (χ1n) is 8.52. The molecule has 0 atom stereocenters. The van der Waals surface area contributed by atoms with Gasteiger partial charge in [-0.1, -0.05) is 18.2 Å². The number of ether oxygens (including phenoxy) is 3. The van der Waals surface area contributed by atoms with Crippen molar-refractivity contribution in [3.8, 4) is 17.2 Å². The summed E-state index contributed by atoms with van der Waals surface area (Å²) >= 11 is 0. The predicted octanol–water partition coefficient (Wildman–Crippen LogP) is 4.00. The Morgan fingerprint density at radius 2 is 1.68 bits per heavy atom. The summed E-state index contributed by atoms with van der Waals surface area (Å²) in [6, 6.07) is 11.8. The maximum atomic E-state index is 13.7. The molecule has 0 saturated carbocycles. The van der Waals surface area contributed by atoms with Crippen LogP contribution in [-0.2, 0) is 6.54 Å². The molecular weight excluding hydrogens is 363 g/mol. The van der Waals surface area contributed by atoms with Gasteiger partial charge in [0.25, 0.3) is 0 Å². The second-order valence-corrected chi connectivity index (χ2v) is 5.75. The van der Waals surface area contributed by atoms with Crippen LogP contribution in [0.5, 0.6) is 17.2 Å². The molecule has 7 nitrogen and oxygen atoms in total. The lowest BCUT2D eigenvalue weighted by Crippen LogP contribution is -2.06. The van der Waals surface area contributed by atoms with Crippen molar-refractivity contribution in [1.82, 2.24) is 9.97 Å². The summed E-state index contributed by atoms with van der Waals surface area (Å²) < 4.78 is 29.8. The Morgan fingerprint density at radius 1 is 0.964 bits per heavy atom. The molecule has 0 unspecified atom stereocenters. The topological polar surface area (TPSA) is 77.5 Å². The Balaban J connectivity index is 1.77. The third kappa shape index (κ3) is 4.40. The molecule has 8 heteroatoms. The molecule has 0 saturated heterocycles.